The zero-order chi connectivity index (χ0) is 15.4. The van der Waals surface area contributed by atoms with Crippen molar-refractivity contribution in [2.75, 3.05) is 11.9 Å². The molecule has 1 heterocycles. The molecule has 2 aromatic rings. The number of anilines is 1. The van der Waals surface area contributed by atoms with Crippen molar-refractivity contribution in [3.63, 3.8) is 0 Å². The van der Waals surface area contributed by atoms with Gasteiger partial charge in [-0.25, -0.2) is 9.37 Å². The first-order valence-corrected chi connectivity index (χ1v) is 7.58. The number of hydrogen-bond acceptors (Lipinski definition) is 4. The molecular weight excluding hydrogens is 361 g/mol. The minimum absolute atomic E-state index is 0.0263. The molecule has 2 rings (SSSR count). The highest BCUT2D eigenvalue weighted by Gasteiger charge is 2.11. The zero-order valence-electron chi connectivity index (χ0n) is 11.6. The first-order valence-electron chi connectivity index (χ1n) is 6.41. The van der Waals surface area contributed by atoms with Crippen molar-refractivity contribution in [1.82, 2.24) is 9.97 Å². The van der Waals surface area contributed by atoms with Crippen LogP contribution in [-0.4, -0.2) is 16.5 Å². The molecular formula is C14H14BrClFN3O. The molecule has 7 heteroatoms. The third-order valence-electron chi connectivity index (χ3n) is 2.55. The fraction of sp³-hybridized carbons (Fsp3) is 0.286. The number of rotatable bonds is 5. The van der Waals surface area contributed by atoms with E-state index in [1.807, 2.05) is 13.8 Å². The van der Waals surface area contributed by atoms with E-state index < -0.39 is 5.82 Å². The molecule has 0 bridgehead atoms. The number of aromatic nitrogens is 2. The van der Waals surface area contributed by atoms with Crippen LogP contribution >= 0.6 is 27.5 Å². The van der Waals surface area contributed by atoms with E-state index in [4.69, 9.17) is 16.3 Å². The van der Waals surface area contributed by atoms with Crippen LogP contribution in [0, 0.1) is 12.7 Å². The van der Waals surface area contributed by atoms with Gasteiger partial charge in [0.1, 0.15) is 11.6 Å². The molecule has 0 spiro atoms. The van der Waals surface area contributed by atoms with E-state index in [9.17, 15) is 4.39 Å². The Morgan fingerprint density at radius 1 is 1.33 bits per heavy atom. The maximum atomic E-state index is 13.5. The fourth-order valence-electron chi connectivity index (χ4n) is 1.60. The molecule has 0 aliphatic heterocycles. The Hall–Kier alpha value is -1.40. The highest BCUT2D eigenvalue weighted by Crippen LogP contribution is 2.33. The Morgan fingerprint density at radius 3 is 2.81 bits per heavy atom. The van der Waals surface area contributed by atoms with Crippen molar-refractivity contribution < 1.29 is 9.13 Å². The molecule has 1 N–H and O–H groups in total. The lowest BCUT2D eigenvalue weighted by atomic mass is 10.3. The van der Waals surface area contributed by atoms with E-state index >= 15 is 0 Å². The van der Waals surface area contributed by atoms with Crippen molar-refractivity contribution in [2.45, 2.75) is 20.3 Å². The molecule has 0 fully saturated rings. The van der Waals surface area contributed by atoms with Crippen molar-refractivity contribution in [3.05, 3.63) is 39.2 Å². The van der Waals surface area contributed by atoms with Gasteiger partial charge in [-0.2, -0.15) is 4.98 Å². The highest BCUT2D eigenvalue weighted by molar-refractivity contribution is 9.10. The molecule has 21 heavy (non-hydrogen) atoms. The summed E-state index contributed by atoms with van der Waals surface area (Å²) in [5.74, 6) is 0.572. The van der Waals surface area contributed by atoms with Crippen LogP contribution in [0.1, 0.15) is 19.0 Å². The van der Waals surface area contributed by atoms with E-state index in [-0.39, 0.29) is 5.02 Å². The standard InChI is InChI=1S/C14H14BrClFN3O/c1-3-4-18-14-19-8(2)5-13(20-14)21-12-7-11(17)10(16)6-9(12)15/h5-7H,3-4H2,1-2H3,(H,18,19,20). The van der Waals surface area contributed by atoms with Crippen molar-refractivity contribution in [2.24, 2.45) is 0 Å². The molecule has 0 aliphatic carbocycles. The van der Waals surface area contributed by atoms with Gasteiger partial charge in [-0.05, 0) is 35.3 Å². The lowest BCUT2D eigenvalue weighted by Gasteiger charge is -2.10. The van der Waals surface area contributed by atoms with Crippen molar-refractivity contribution in [1.29, 1.82) is 0 Å². The van der Waals surface area contributed by atoms with E-state index in [0.29, 0.717) is 22.1 Å². The van der Waals surface area contributed by atoms with Crippen LogP contribution in [0.25, 0.3) is 0 Å². The van der Waals surface area contributed by atoms with Crippen molar-refractivity contribution in [3.8, 4) is 11.6 Å². The summed E-state index contributed by atoms with van der Waals surface area (Å²) in [4.78, 5) is 8.50. The molecule has 4 nitrogen and oxygen atoms in total. The Balaban J connectivity index is 2.27. The molecule has 0 amide bonds. The maximum absolute atomic E-state index is 13.5. The Morgan fingerprint density at radius 2 is 2.10 bits per heavy atom. The predicted molar refractivity (Wildman–Crippen MR) is 84.7 cm³/mol. The third kappa shape index (κ3) is 4.28. The molecule has 0 aliphatic rings. The van der Waals surface area contributed by atoms with Gasteiger partial charge >= 0.3 is 0 Å². The zero-order valence-corrected chi connectivity index (χ0v) is 13.9. The number of nitrogens with one attached hydrogen (secondary N) is 1. The average molecular weight is 375 g/mol. The molecule has 112 valence electrons. The van der Waals surface area contributed by atoms with Gasteiger partial charge in [-0.1, -0.05) is 18.5 Å². The number of halogens is 3. The second-order valence-corrected chi connectivity index (χ2v) is 5.66. The summed E-state index contributed by atoms with van der Waals surface area (Å²) >= 11 is 8.98. The number of ether oxygens (including phenoxy) is 1. The minimum atomic E-state index is -0.551. The van der Waals surface area contributed by atoms with Crippen LogP contribution < -0.4 is 10.1 Å². The number of aryl methyl sites for hydroxylation is 1. The summed E-state index contributed by atoms with van der Waals surface area (Å²) in [6.07, 6.45) is 0.960. The van der Waals surface area contributed by atoms with Crippen molar-refractivity contribution >= 4 is 33.5 Å². The average Bonchev–Trinajstić information content (AvgIpc) is 2.42. The van der Waals surface area contributed by atoms with Gasteiger partial charge in [0, 0.05) is 24.4 Å². The Labute approximate surface area is 135 Å². The third-order valence-corrected chi connectivity index (χ3v) is 3.46. The highest BCUT2D eigenvalue weighted by atomic mass is 79.9. The Bertz CT molecular complexity index is 654. The van der Waals surface area contributed by atoms with Crippen LogP contribution in [0.3, 0.4) is 0 Å². The van der Waals surface area contributed by atoms with E-state index in [0.717, 1.165) is 18.7 Å². The summed E-state index contributed by atoms with van der Waals surface area (Å²) in [5.41, 5.74) is 0.754. The monoisotopic (exact) mass is 373 g/mol. The summed E-state index contributed by atoms with van der Waals surface area (Å²) in [6.45, 7) is 4.65. The first-order chi connectivity index (χ1) is 9.99. The van der Waals surface area contributed by atoms with E-state index in [1.54, 1.807) is 6.07 Å². The maximum Gasteiger partial charge on any atom is 0.226 e. The molecule has 0 saturated carbocycles. The first kappa shape index (κ1) is 16.0. The fourth-order valence-corrected chi connectivity index (χ4v) is 2.32. The number of nitrogens with zero attached hydrogens (tertiary/aromatic N) is 2. The second-order valence-electron chi connectivity index (χ2n) is 4.40. The van der Waals surface area contributed by atoms with E-state index in [1.165, 1.54) is 12.1 Å². The van der Waals surface area contributed by atoms with Crippen LogP contribution in [-0.2, 0) is 0 Å². The summed E-state index contributed by atoms with van der Waals surface area (Å²) < 4.78 is 19.7. The largest absolute Gasteiger partial charge is 0.438 e. The quantitative estimate of drug-likeness (QED) is 0.752. The summed E-state index contributed by atoms with van der Waals surface area (Å²) in [6, 6.07) is 4.33. The van der Waals surface area contributed by atoms with Gasteiger partial charge < -0.3 is 10.1 Å². The smallest absolute Gasteiger partial charge is 0.226 e. The lowest BCUT2D eigenvalue weighted by Crippen LogP contribution is -2.05. The Kier molecular flexibility index (Phi) is 5.36. The summed E-state index contributed by atoms with van der Waals surface area (Å²) in [7, 11) is 0. The molecule has 1 aromatic heterocycles. The van der Waals surface area contributed by atoms with Crippen LogP contribution in [0.5, 0.6) is 11.6 Å². The number of hydrogen-bond donors (Lipinski definition) is 1. The molecule has 1 aromatic carbocycles. The van der Waals surface area contributed by atoms with Gasteiger partial charge in [-0.15, -0.1) is 0 Å². The molecule has 0 unspecified atom stereocenters. The SMILES string of the molecule is CCCNc1nc(C)cc(Oc2cc(F)c(Cl)cc2Br)n1. The van der Waals surface area contributed by atoms with Gasteiger partial charge in [0.05, 0.1) is 9.50 Å². The topological polar surface area (TPSA) is 47.0 Å². The minimum Gasteiger partial charge on any atom is -0.438 e. The van der Waals surface area contributed by atoms with Crippen LogP contribution in [0.15, 0.2) is 22.7 Å². The molecule has 0 radical (unpaired) electrons. The van der Waals surface area contributed by atoms with Gasteiger partial charge in [0.25, 0.3) is 0 Å². The molecule has 0 saturated heterocycles. The molecule has 0 atom stereocenters. The predicted octanol–water partition coefficient (Wildman–Crippen LogP) is 4.95. The summed E-state index contributed by atoms with van der Waals surface area (Å²) in [5, 5.41) is 3.11. The van der Waals surface area contributed by atoms with Gasteiger partial charge in [0.15, 0.2) is 0 Å². The normalized spacial score (nSPS) is 10.5. The van der Waals surface area contributed by atoms with Gasteiger partial charge in [0.2, 0.25) is 11.8 Å². The second kappa shape index (κ2) is 7.04. The van der Waals surface area contributed by atoms with E-state index in [2.05, 4.69) is 31.2 Å². The van der Waals surface area contributed by atoms with Crippen LogP contribution in [0.4, 0.5) is 10.3 Å². The lowest BCUT2D eigenvalue weighted by molar-refractivity contribution is 0.454. The van der Waals surface area contributed by atoms with Crippen LogP contribution in [0.2, 0.25) is 5.02 Å². The number of benzene rings is 1. The van der Waals surface area contributed by atoms with Gasteiger partial charge in [-0.3, -0.25) is 0 Å².